The van der Waals surface area contributed by atoms with Gasteiger partial charge < -0.3 is 15.5 Å². The number of anilines is 1. The van der Waals surface area contributed by atoms with E-state index < -0.39 is 12.1 Å². The molecule has 3 aromatic rings. The summed E-state index contributed by atoms with van der Waals surface area (Å²) >= 11 is 5.85. The number of aldehydes is 1. The number of rotatable bonds is 9. The molecule has 0 aliphatic rings. The van der Waals surface area contributed by atoms with Gasteiger partial charge in [0.25, 0.3) is 0 Å². The van der Waals surface area contributed by atoms with Crippen molar-refractivity contribution in [2.75, 3.05) is 12.0 Å². The molecule has 2 aromatic carbocycles. The molecule has 176 valence electrons. The van der Waals surface area contributed by atoms with Gasteiger partial charge in [-0.1, -0.05) is 23.7 Å². The van der Waals surface area contributed by atoms with E-state index in [1.165, 1.54) is 12.1 Å². The highest BCUT2D eigenvalue weighted by Crippen LogP contribution is 2.20. The molecule has 1 aromatic heterocycles. The molecule has 0 saturated carbocycles. The molecule has 0 aliphatic heterocycles. The van der Waals surface area contributed by atoms with Gasteiger partial charge in [0.15, 0.2) is 6.29 Å². The molecule has 0 bridgehead atoms. The maximum Gasteiger partial charge on any atom is 0.341 e. The van der Waals surface area contributed by atoms with E-state index in [1.807, 2.05) is 0 Å². The molecule has 0 saturated heterocycles. The van der Waals surface area contributed by atoms with Gasteiger partial charge >= 0.3 is 12.1 Å². The van der Waals surface area contributed by atoms with Crippen LogP contribution in [0.4, 0.5) is 15.3 Å². The van der Waals surface area contributed by atoms with Gasteiger partial charge in [-0.15, -0.1) is 15.7 Å². The zero-order chi connectivity index (χ0) is 24.3. The fraction of sp³-hybridized carbons (Fsp3) is 0.136. The normalized spacial score (nSPS) is 10.2. The number of ether oxygens (including phenoxy) is 1. The maximum atomic E-state index is 12.4. The second kappa shape index (κ2) is 12.1. The lowest BCUT2D eigenvalue weighted by Crippen LogP contribution is -2.53. The number of carbonyl (C=O) groups excluding carboxylic acids is 3. The second-order valence-electron chi connectivity index (χ2n) is 6.75. The second-order valence-corrected chi connectivity index (χ2v) is 7.19. The van der Waals surface area contributed by atoms with E-state index in [4.69, 9.17) is 16.3 Å². The van der Waals surface area contributed by atoms with Crippen LogP contribution in [0.2, 0.25) is 5.02 Å². The summed E-state index contributed by atoms with van der Waals surface area (Å²) in [7, 11) is 0. The first-order chi connectivity index (χ1) is 16.5. The quantitative estimate of drug-likeness (QED) is 0.268. The minimum Gasteiger partial charge on any atom is -0.438 e. The molecule has 4 amide bonds. The summed E-state index contributed by atoms with van der Waals surface area (Å²) in [5.41, 5.74) is 9.42. The Morgan fingerprint density at radius 3 is 2.35 bits per heavy atom. The van der Waals surface area contributed by atoms with Crippen molar-refractivity contribution in [2.45, 2.75) is 13.5 Å². The summed E-state index contributed by atoms with van der Waals surface area (Å²) < 4.78 is 5.54. The van der Waals surface area contributed by atoms with Crippen LogP contribution in [0.1, 0.15) is 23.0 Å². The number of imide groups is 1. The van der Waals surface area contributed by atoms with Crippen LogP contribution in [0, 0.1) is 0 Å². The smallest absolute Gasteiger partial charge is 0.341 e. The third-order valence-corrected chi connectivity index (χ3v) is 4.65. The molecule has 11 nitrogen and oxygen atoms in total. The fourth-order valence-electron chi connectivity index (χ4n) is 2.65. The minimum atomic E-state index is -0.638. The van der Waals surface area contributed by atoms with E-state index in [0.29, 0.717) is 22.7 Å². The van der Waals surface area contributed by atoms with Gasteiger partial charge in [0.05, 0.1) is 5.69 Å². The summed E-state index contributed by atoms with van der Waals surface area (Å²) in [6.07, 6.45) is 0.594. The van der Waals surface area contributed by atoms with Gasteiger partial charge in [0, 0.05) is 24.2 Å². The SMILES string of the molecule is CCN(C(=O)NCc1ccc(Cl)cc1)C(=O)NNNc1ccc(Oc2ccc(C=O)nn2)cc1. The molecule has 12 heteroatoms. The van der Waals surface area contributed by atoms with Crippen molar-refractivity contribution in [3.05, 3.63) is 76.9 Å². The summed E-state index contributed by atoms with van der Waals surface area (Å²) in [6.45, 7) is 2.11. The Morgan fingerprint density at radius 1 is 1.00 bits per heavy atom. The van der Waals surface area contributed by atoms with Gasteiger partial charge in [0.2, 0.25) is 5.88 Å². The van der Waals surface area contributed by atoms with Crippen molar-refractivity contribution in [1.29, 1.82) is 0 Å². The molecule has 0 unspecified atom stereocenters. The number of nitrogens with one attached hydrogen (secondary N) is 4. The maximum absolute atomic E-state index is 12.4. The van der Waals surface area contributed by atoms with E-state index in [-0.39, 0.29) is 24.7 Å². The van der Waals surface area contributed by atoms with Crippen LogP contribution in [-0.2, 0) is 6.54 Å². The first-order valence-electron chi connectivity index (χ1n) is 10.2. The zero-order valence-electron chi connectivity index (χ0n) is 18.1. The van der Waals surface area contributed by atoms with Gasteiger partial charge in [-0.05, 0) is 55.0 Å². The first-order valence-corrected chi connectivity index (χ1v) is 10.5. The molecular weight excluding hydrogens is 462 g/mol. The standard InChI is InChI=1S/C22H22ClN7O4/c1-2-30(21(32)24-13-15-3-5-16(23)6-4-15)22(33)28-29-26-17-7-10-19(11-8-17)34-20-12-9-18(14-31)25-27-20/h3-12,14,26,29H,2,13H2,1H3,(H,24,32)(H,28,33). The number of nitrogens with zero attached hydrogens (tertiary/aromatic N) is 3. The molecule has 3 rings (SSSR count). The van der Waals surface area contributed by atoms with Gasteiger partial charge in [0.1, 0.15) is 11.4 Å². The Kier molecular flexibility index (Phi) is 8.72. The number of aromatic nitrogens is 2. The number of benzene rings is 2. The van der Waals surface area contributed by atoms with Crippen molar-refractivity contribution >= 4 is 35.6 Å². The van der Waals surface area contributed by atoms with E-state index >= 15 is 0 Å². The van der Waals surface area contributed by atoms with Crippen LogP contribution in [0.5, 0.6) is 11.6 Å². The van der Waals surface area contributed by atoms with Gasteiger partial charge in [-0.2, -0.15) is 0 Å². The number of urea groups is 2. The highest BCUT2D eigenvalue weighted by Gasteiger charge is 2.19. The Hall–Kier alpha value is -4.22. The third-order valence-electron chi connectivity index (χ3n) is 4.40. The first kappa shape index (κ1) is 24.4. The number of hydrazine groups is 2. The highest BCUT2D eigenvalue weighted by atomic mass is 35.5. The molecular formula is C22H22ClN7O4. The molecule has 4 N–H and O–H groups in total. The fourth-order valence-corrected chi connectivity index (χ4v) is 2.78. The number of hydrogen-bond donors (Lipinski definition) is 4. The van der Waals surface area contributed by atoms with Crippen molar-refractivity contribution in [2.24, 2.45) is 0 Å². The van der Waals surface area contributed by atoms with Gasteiger partial charge in [-0.3, -0.25) is 10.2 Å². The van der Waals surface area contributed by atoms with Crippen molar-refractivity contribution in [1.82, 2.24) is 31.4 Å². The Balaban J connectivity index is 1.43. The van der Waals surface area contributed by atoms with Crippen LogP contribution in [-0.4, -0.2) is 40.0 Å². The zero-order valence-corrected chi connectivity index (χ0v) is 18.9. The van der Waals surface area contributed by atoms with Crippen molar-refractivity contribution < 1.29 is 19.1 Å². The predicted molar refractivity (Wildman–Crippen MR) is 125 cm³/mol. The number of halogens is 1. The molecule has 34 heavy (non-hydrogen) atoms. The van der Waals surface area contributed by atoms with E-state index in [1.54, 1.807) is 55.5 Å². The predicted octanol–water partition coefficient (Wildman–Crippen LogP) is 3.51. The molecule has 0 atom stereocenters. The summed E-state index contributed by atoms with van der Waals surface area (Å²) in [5, 5.41) is 10.8. The lowest BCUT2D eigenvalue weighted by atomic mass is 10.2. The summed E-state index contributed by atoms with van der Waals surface area (Å²) in [6, 6.07) is 15.6. The van der Waals surface area contributed by atoms with Crippen LogP contribution in [0.3, 0.4) is 0 Å². The van der Waals surface area contributed by atoms with Crippen LogP contribution < -0.4 is 26.4 Å². The summed E-state index contributed by atoms with van der Waals surface area (Å²) in [4.78, 5) is 36.3. The molecule has 0 aliphatic carbocycles. The lowest BCUT2D eigenvalue weighted by Gasteiger charge is -2.20. The molecule has 0 fully saturated rings. The Labute approximate surface area is 200 Å². The average Bonchev–Trinajstić information content (AvgIpc) is 2.85. The topological polar surface area (TPSA) is 138 Å². The Bertz CT molecular complexity index is 1110. The third kappa shape index (κ3) is 7.15. The number of hydrogen-bond acceptors (Lipinski definition) is 8. The number of amides is 4. The monoisotopic (exact) mass is 483 g/mol. The molecule has 0 radical (unpaired) electrons. The lowest BCUT2D eigenvalue weighted by molar-refractivity contribution is 0.111. The number of carbonyl (C=O) groups is 3. The average molecular weight is 484 g/mol. The highest BCUT2D eigenvalue weighted by molar-refractivity contribution is 6.30. The minimum absolute atomic E-state index is 0.169. The van der Waals surface area contributed by atoms with Crippen molar-refractivity contribution in [3.63, 3.8) is 0 Å². The Morgan fingerprint density at radius 2 is 1.74 bits per heavy atom. The van der Waals surface area contributed by atoms with Crippen LogP contribution in [0.25, 0.3) is 0 Å². The summed E-state index contributed by atoms with van der Waals surface area (Å²) in [5.74, 6) is 0.739. The molecule has 0 spiro atoms. The van der Waals surface area contributed by atoms with Gasteiger partial charge in [-0.25, -0.2) is 14.5 Å². The largest absolute Gasteiger partial charge is 0.438 e. The van der Waals surface area contributed by atoms with Crippen LogP contribution in [0.15, 0.2) is 60.7 Å². The van der Waals surface area contributed by atoms with E-state index in [2.05, 4.69) is 31.9 Å². The molecule has 1 heterocycles. The van der Waals surface area contributed by atoms with E-state index in [0.717, 1.165) is 10.5 Å². The van der Waals surface area contributed by atoms with Crippen molar-refractivity contribution in [3.8, 4) is 11.6 Å². The van der Waals surface area contributed by atoms with E-state index in [9.17, 15) is 14.4 Å². The van der Waals surface area contributed by atoms with Crippen LogP contribution >= 0.6 is 11.6 Å².